The number of hydrogen-bond acceptors (Lipinski definition) is 3. The van der Waals surface area contributed by atoms with E-state index in [2.05, 4.69) is 48.7 Å². The highest BCUT2D eigenvalue weighted by molar-refractivity contribution is 7.80. The molecule has 0 aliphatic carbocycles. The molecule has 26 heavy (non-hydrogen) atoms. The van der Waals surface area contributed by atoms with Gasteiger partial charge in [0.1, 0.15) is 5.58 Å². The molecule has 5 heteroatoms. The van der Waals surface area contributed by atoms with Crippen molar-refractivity contribution in [2.24, 2.45) is 0 Å². The molecule has 0 saturated carbocycles. The topological polar surface area (TPSA) is 54.3 Å². The maximum absolute atomic E-state index is 11.6. The van der Waals surface area contributed by atoms with E-state index in [0.717, 1.165) is 23.1 Å². The zero-order valence-corrected chi connectivity index (χ0v) is 15.9. The summed E-state index contributed by atoms with van der Waals surface area (Å²) in [6.07, 6.45) is 0.913. The minimum absolute atomic E-state index is 0.135. The lowest BCUT2D eigenvalue weighted by Gasteiger charge is -2.20. The number of fused-ring (bicyclic) bond motifs is 1. The van der Waals surface area contributed by atoms with E-state index in [4.69, 9.17) is 16.6 Å². The molecular formula is C21H22N2O2S. The second-order valence-corrected chi connectivity index (χ2v) is 6.84. The number of benzene rings is 2. The van der Waals surface area contributed by atoms with Crippen LogP contribution in [-0.2, 0) is 0 Å². The lowest BCUT2D eigenvalue weighted by Crippen LogP contribution is -2.32. The fraction of sp³-hybridized carbons (Fsp3) is 0.238. The van der Waals surface area contributed by atoms with Gasteiger partial charge in [0.2, 0.25) is 0 Å². The predicted molar refractivity (Wildman–Crippen MR) is 111 cm³/mol. The van der Waals surface area contributed by atoms with E-state index in [0.29, 0.717) is 10.7 Å². The molecule has 1 heterocycles. The molecule has 0 bridgehead atoms. The van der Waals surface area contributed by atoms with Gasteiger partial charge in [-0.15, -0.1) is 0 Å². The maximum atomic E-state index is 11.6. The van der Waals surface area contributed by atoms with Crippen molar-refractivity contribution in [1.82, 2.24) is 5.32 Å². The summed E-state index contributed by atoms with van der Waals surface area (Å²) in [4.78, 5) is 11.6. The molecule has 134 valence electrons. The molecule has 3 aromatic rings. The second-order valence-electron chi connectivity index (χ2n) is 6.43. The van der Waals surface area contributed by atoms with Crippen LogP contribution in [-0.4, -0.2) is 5.11 Å². The molecule has 0 amide bonds. The largest absolute Gasteiger partial charge is 0.423 e. The van der Waals surface area contributed by atoms with Gasteiger partial charge in [-0.25, -0.2) is 4.79 Å². The summed E-state index contributed by atoms with van der Waals surface area (Å²) in [5.41, 5.74) is 4.31. The molecule has 1 aromatic heterocycles. The van der Waals surface area contributed by atoms with Gasteiger partial charge in [0.15, 0.2) is 5.11 Å². The highest BCUT2D eigenvalue weighted by atomic mass is 32.1. The first-order chi connectivity index (χ1) is 12.5. The molecule has 3 rings (SSSR count). The summed E-state index contributed by atoms with van der Waals surface area (Å²) in [5, 5.41) is 7.98. The molecule has 1 unspecified atom stereocenters. The van der Waals surface area contributed by atoms with Crippen molar-refractivity contribution in [3.05, 3.63) is 75.6 Å². The van der Waals surface area contributed by atoms with Gasteiger partial charge in [0.05, 0.1) is 6.04 Å². The Kier molecular flexibility index (Phi) is 5.38. The quantitative estimate of drug-likeness (QED) is 0.511. The minimum atomic E-state index is -0.349. The Morgan fingerprint density at radius 2 is 1.85 bits per heavy atom. The third kappa shape index (κ3) is 4.11. The van der Waals surface area contributed by atoms with Gasteiger partial charge in [-0.2, -0.15) is 0 Å². The van der Waals surface area contributed by atoms with Crippen molar-refractivity contribution in [2.45, 2.75) is 33.2 Å². The van der Waals surface area contributed by atoms with Crippen LogP contribution in [0.4, 0.5) is 5.69 Å². The number of thiocarbonyl (C=S) groups is 1. The summed E-state index contributed by atoms with van der Waals surface area (Å²) < 4.78 is 5.29. The van der Waals surface area contributed by atoms with E-state index < -0.39 is 0 Å². The number of anilines is 1. The Morgan fingerprint density at radius 3 is 2.54 bits per heavy atom. The van der Waals surface area contributed by atoms with Crippen molar-refractivity contribution >= 4 is 34.0 Å². The molecule has 2 N–H and O–H groups in total. The van der Waals surface area contributed by atoms with Crippen LogP contribution >= 0.6 is 12.2 Å². The number of aryl methyl sites for hydroxylation is 2. The van der Waals surface area contributed by atoms with E-state index in [9.17, 15) is 4.79 Å². The molecular weight excluding hydrogens is 344 g/mol. The Balaban J connectivity index is 1.75. The lowest BCUT2D eigenvalue weighted by atomic mass is 10.0. The predicted octanol–water partition coefficient (Wildman–Crippen LogP) is 4.85. The van der Waals surface area contributed by atoms with Crippen LogP contribution in [0.5, 0.6) is 0 Å². The minimum Gasteiger partial charge on any atom is -0.423 e. The third-order valence-electron chi connectivity index (χ3n) is 4.40. The summed E-state index contributed by atoms with van der Waals surface area (Å²) in [7, 11) is 0. The normalized spacial score (nSPS) is 12.0. The van der Waals surface area contributed by atoms with Gasteiger partial charge in [-0.3, -0.25) is 0 Å². The molecule has 2 aromatic carbocycles. The van der Waals surface area contributed by atoms with Crippen molar-refractivity contribution in [3.63, 3.8) is 0 Å². The lowest BCUT2D eigenvalue weighted by molar-refractivity contribution is 0.560. The highest BCUT2D eigenvalue weighted by Crippen LogP contribution is 2.21. The van der Waals surface area contributed by atoms with Crippen molar-refractivity contribution in [2.75, 3.05) is 5.32 Å². The van der Waals surface area contributed by atoms with Gasteiger partial charge in [-0.05, 0) is 55.7 Å². The first kappa shape index (κ1) is 18.1. The average Bonchev–Trinajstić information content (AvgIpc) is 2.60. The first-order valence-corrected chi connectivity index (χ1v) is 9.05. The van der Waals surface area contributed by atoms with Crippen LogP contribution < -0.4 is 16.3 Å². The molecule has 0 fully saturated rings. The molecule has 0 spiro atoms. The first-order valence-electron chi connectivity index (χ1n) is 8.65. The standard InChI is InChI=1S/C21H22N2O2S/c1-4-18(15-7-5-13(2)6-8-15)23-21(26)22-16-9-10-17-14(3)11-20(24)25-19(17)12-16/h5-12,18H,4H2,1-3H3,(H2,22,23,26). The van der Waals surface area contributed by atoms with Crippen LogP contribution in [0.25, 0.3) is 11.0 Å². The van der Waals surface area contributed by atoms with Gasteiger partial charge in [0, 0.05) is 23.2 Å². The molecule has 0 aliphatic heterocycles. The molecule has 4 nitrogen and oxygen atoms in total. The van der Waals surface area contributed by atoms with Crippen LogP contribution in [0, 0.1) is 13.8 Å². The molecule has 0 saturated heterocycles. The zero-order chi connectivity index (χ0) is 18.7. The van der Waals surface area contributed by atoms with Crippen LogP contribution in [0.3, 0.4) is 0 Å². The summed E-state index contributed by atoms with van der Waals surface area (Å²) >= 11 is 5.46. The van der Waals surface area contributed by atoms with Crippen LogP contribution in [0.15, 0.2) is 57.7 Å². The summed E-state index contributed by atoms with van der Waals surface area (Å²) in [6.45, 7) is 6.09. The SMILES string of the molecule is CCC(NC(=S)Nc1ccc2c(C)cc(=O)oc2c1)c1ccc(C)cc1. The number of nitrogens with one attached hydrogen (secondary N) is 2. The Labute approximate surface area is 158 Å². The average molecular weight is 366 g/mol. The molecule has 0 radical (unpaired) electrons. The monoisotopic (exact) mass is 366 g/mol. The van der Waals surface area contributed by atoms with Gasteiger partial charge < -0.3 is 15.1 Å². The Morgan fingerprint density at radius 1 is 1.12 bits per heavy atom. The smallest absolute Gasteiger partial charge is 0.336 e. The Hall–Kier alpha value is -2.66. The van der Waals surface area contributed by atoms with Crippen molar-refractivity contribution < 1.29 is 4.42 Å². The summed E-state index contributed by atoms with van der Waals surface area (Å²) in [6, 6.07) is 15.7. The van der Waals surface area contributed by atoms with E-state index in [-0.39, 0.29) is 11.7 Å². The van der Waals surface area contributed by atoms with E-state index in [1.54, 1.807) is 6.07 Å². The summed E-state index contributed by atoms with van der Waals surface area (Å²) in [5.74, 6) is 0. The van der Waals surface area contributed by atoms with Crippen molar-refractivity contribution in [1.29, 1.82) is 0 Å². The number of rotatable bonds is 4. The fourth-order valence-corrected chi connectivity index (χ4v) is 3.21. The van der Waals surface area contributed by atoms with Gasteiger partial charge in [0.25, 0.3) is 0 Å². The Bertz CT molecular complexity index is 993. The van der Waals surface area contributed by atoms with E-state index in [1.807, 2.05) is 19.1 Å². The fourth-order valence-electron chi connectivity index (χ4n) is 2.95. The molecule has 1 atom stereocenters. The highest BCUT2D eigenvalue weighted by Gasteiger charge is 2.11. The molecule has 0 aliphatic rings. The maximum Gasteiger partial charge on any atom is 0.336 e. The van der Waals surface area contributed by atoms with E-state index >= 15 is 0 Å². The van der Waals surface area contributed by atoms with Crippen molar-refractivity contribution in [3.8, 4) is 0 Å². The number of hydrogen-bond donors (Lipinski definition) is 2. The van der Waals surface area contributed by atoms with Crippen LogP contribution in [0.1, 0.15) is 36.1 Å². The third-order valence-corrected chi connectivity index (χ3v) is 4.62. The zero-order valence-electron chi connectivity index (χ0n) is 15.1. The van der Waals surface area contributed by atoms with Gasteiger partial charge in [-0.1, -0.05) is 36.8 Å². The van der Waals surface area contributed by atoms with Gasteiger partial charge >= 0.3 is 5.63 Å². The second kappa shape index (κ2) is 7.70. The van der Waals surface area contributed by atoms with Crippen LogP contribution in [0.2, 0.25) is 0 Å². The van der Waals surface area contributed by atoms with E-state index in [1.165, 1.54) is 17.2 Å².